The van der Waals surface area contributed by atoms with E-state index in [1.165, 1.54) is 14.2 Å². The van der Waals surface area contributed by atoms with Crippen LogP contribution in [0.2, 0.25) is 0 Å². The molecule has 0 atom stereocenters. The Morgan fingerprint density at radius 1 is 1.05 bits per heavy atom. The molecule has 0 fully saturated rings. The molecular weight excluding hydrogens is 296 g/mol. The van der Waals surface area contributed by atoms with Crippen molar-refractivity contribution in [2.75, 3.05) is 30.7 Å². The van der Waals surface area contributed by atoms with E-state index >= 15 is 0 Å². The highest BCUT2D eigenvalue weighted by molar-refractivity contribution is 6.29. The summed E-state index contributed by atoms with van der Waals surface area (Å²) in [4.78, 5) is 23.1. The van der Waals surface area contributed by atoms with Gasteiger partial charge in [-0.1, -0.05) is 6.92 Å². The quantitative estimate of drug-likeness (QED) is 0.758. The van der Waals surface area contributed by atoms with Crippen molar-refractivity contribution in [1.82, 2.24) is 0 Å². The molecule has 2 amide bonds. The number of methoxy groups -OCH3 is 2. The largest absolute Gasteiger partial charge is 0.494 e. The van der Waals surface area contributed by atoms with Crippen LogP contribution < -0.4 is 20.1 Å². The zero-order valence-electron chi connectivity index (χ0n) is 12.3. The van der Waals surface area contributed by atoms with Gasteiger partial charge in [-0.2, -0.15) is 0 Å². The van der Waals surface area contributed by atoms with E-state index in [0.29, 0.717) is 29.3 Å². The summed E-state index contributed by atoms with van der Waals surface area (Å²) < 4.78 is 10.4. The molecule has 21 heavy (non-hydrogen) atoms. The summed E-state index contributed by atoms with van der Waals surface area (Å²) in [6.45, 7) is 1.92. The number of anilines is 2. The number of carbonyl (C=O) groups excluding carboxylic acids is 2. The lowest BCUT2D eigenvalue weighted by Crippen LogP contribution is -2.15. The van der Waals surface area contributed by atoms with E-state index in [0.717, 1.165) is 6.42 Å². The highest BCUT2D eigenvalue weighted by Gasteiger charge is 2.14. The molecule has 0 radical (unpaired) electrons. The van der Waals surface area contributed by atoms with Crippen molar-refractivity contribution in [3.63, 3.8) is 0 Å². The van der Waals surface area contributed by atoms with Crippen molar-refractivity contribution in [1.29, 1.82) is 0 Å². The van der Waals surface area contributed by atoms with Gasteiger partial charge >= 0.3 is 0 Å². The van der Waals surface area contributed by atoms with Gasteiger partial charge in [0.25, 0.3) is 0 Å². The van der Waals surface area contributed by atoms with Crippen LogP contribution in [0.4, 0.5) is 11.4 Å². The van der Waals surface area contributed by atoms with E-state index in [4.69, 9.17) is 21.1 Å². The Kier molecular flexibility index (Phi) is 6.81. The molecule has 0 bridgehead atoms. The van der Waals surface area contributed by atoms with Crippen LogP contribution in [0.15, 0.2) is 12.1 Å². The van der Waals surface area contributed by atoms with Gasteiger partial charge in [-0.15, -0.1) is 11.6 Å². The number of rotatable bonds is 7. The monoisotopic (exact) mass is 314 g/mol. The highest BCUT2D eigenvalue weighted by atomic mass is 35.5. The van der Waals surface area contributed by atoms with Gasteiger partial charge in [-0.3, -0.25) is 9.59 Å². The fraction of sp³-hybridized carbons (Fsp3) is 0.429. The van der Waals surface area contributed by atoms with Crippen molar-refractivity contribution >= 4 is 34.8 Å². The zero-order valence-corrected chi connectivity index (χ0v) is 13.0. The van der Waals surface area contributed by atoms with E-state index in [1.54, 1.807) is 12.1 Å². The summed E-state index contributed by atoms with van der Waals surface area (Å²) in [6, 6.07) is 3.17. The molecule has 0 aliphatic rings. The second kappa shape index (κ2) is 8.36. The van der Waals surface area contributed by atoms with E-state index in [-0.39, 0.29) is 17.7 Å². The zero-order chi connectivity index (χ0) is 15.8. The molecule has 0 saturated carbocycles. The second-order valence-electron chi connectivity index (χ2n) is 4.23. The van der Waals surface area contributed by atoms with Crippen molar-refractivity contribution in [2.45, 2.75) is 19.8 Å². The molecule has 116 valence electrons. The number of alkyl halides is 1. The predicted octanol–water partition coefficient (Wildman–Crippen LogP) is 2.62. The third-order valence-corrected chi connectivity index (χ3v) is 2.91. The first-order chi connectivity index (χ1) is 10.0. The van der Waals surface area contributed by atoms with Crippen LogP contribution >= 0.6 is 11.6 Å². The average molecular weight is 315 g/mol. The first-order valence-electron chi connectivity index (χ1n) is 6.47. The molecule has 1 aromatic carbocycles. The van der Waals surface area contributed by atoms with Crippen LogP contribution in [-0.4, -0.2) is 31.9 Å². The molecule has 1 rings (SSSR count). The maximum atomic E-state index is 11.7. The van der Waals surface area contributed by atoms with Gasteiger partial charge in [-0.05, 0) is 6.42 Å². The van der Waals surface area contributed by atoms with Crippen LogP contribution in [0.1, 0.15) is 19.8 Å². The van der Waals surface area contributed by atoms with Crippen LogP contribution in [0.5, 0.6) is 11.5 Å². The predicted molar refractivity (Wildman–Crippen MR) is 82.4 cm³/mol. The molecule has 0 aliphatic heterocycles. The highest BCUT2D eigenvalue weighted by Crippen LogP contribution is 2.36. The molecule has 2 N–H and O–H groups in total. The fourth-order valence-electron chi connectivity index (χ4n) is 1.72. The van der Waals surface area contributed by atoms with Gasteiger partial charge in [0.2, 0.25) is 11.8 Å². The average Bonchev–Trinajstić information content (AvgIpc) is 2.48. The number of amides is 2. The maximum absolute atomic E-state index is 11.7. The van der Waals surface area contributed by atoms with Gasteiger partial charge in [-0.25, -0.2) is 0 Å². The van der Waals surface area contributed by atoms with Crippen LogP contribution in [0.25, 0.3) is 0 Å². The normalized spacial score (nSPS) is 9.90. The first kappa shape index (κ1) is 17.1. The smallest absolute Gasteiger partial charge is 0.239 e. The van der Waals surface area contributed by atoms with Gasteiger partial charge in [0.15, 0.2) is 0 Å². The van der Waals surface area contributed by atoms with Crippen LogP contribution in [-0.2, 0) is 9.59 Å². The lowest BCUT2D eigenvalue weighted by Gasteiger charge is -2.15. The Morgan fingerprint density at radius 2 is 1.52 bits per heavy atom. The molecule has 0 aromatic heterocycles. The summed E-state index contributed by atoms with van der Waals surface area (Å²) in [5.74, 6) is 0.182. The minimum absolute atomic E-state index is 0.115. The third-order valence-electron chi connectivity index (χ3n) is 2.67. The third kappa shape index (κ3) is 4.82. The van der Waals surface area contributed by atoms with Crippen molar-refractivity contribution in [3.8, 4) is 11.5 Å². The minimum atomic E-state index is -0.361. The van der Waals surface area contributed by atoms with E-state index < -0.39 is 0 Å². The molecule has 0 unspecified atom stereocenters. The number of hydrogen-bond donors (Lipinski definition) is 2. The van der Waals surface area contributed by atoms with E-state index in [2.05, 4.69) is 10.6 Å². The molecule has 0 spiro atoms. The number of benzene rings is 1. The Labute approximate surface area is 128 Å². The molecule has 6 nitrogen and oxygen atoms in total. The summed E-state index contributed by atoms with van der Waals surface area (Å²) in [5, 5.41) is 5.35. The molecule has 7 heteroatoms. The summed E-state index contributed by atoms with van der Waals surface area (Å²) in [5.41, 5.74) is 0.908. The van der Waals surface area contributed by atoms with Crippen LogP contribution in [0.3, 0.4) is 0 Å². The lowest BCUT2D eigenvalue weighted by molar-refractivity contribution is -0.116. The topological polar surface area (TPSA) is 76.7 Å². The molecule has 1 aromatic rings. The van der Waals surface area contributed by atoms with Crippen molar-refractivity contribution in [3.05, 3.63) is 12.1 Å². The van der Waals surface area contributed by atoms with Gasteiger partial charge in [0.05, 0.1) is 25.6 Å². The summed E-state index contributed by atoms with van der Waals surface area (Å²) in [7, 11) is 2.94. The number of hydrogen-bond acceptors (Lipinski definition) is 4. The fourth-order valence-corrected chi connectivity index (χ4v) is 1.78. The van der Waals surface area contributed by atoms with Gasteiger partial charge in [0.1, 0.15) is 17.4 Å². The van der Waals surface area contributed by atoms with E-state index in [9.17, 15) is 9.59 Å². The Balaban J connectivity index is 3.10. The number of carbonyl (C=O) groups is 2. The maximum Gasteiger partial charge on any atom is 0.239 e. The molecule has 0 aliphatic carbocycles. The standard InChI is InChI=1S/C14H19ClN2O4/c1-4-5-13(18)16-9-6-12(21-3)10(7-11(9)20-2)17-14(19)8-15/h6-7H,4-5,8H2,1-3H3,(H,16,18)(H,17,19). The Morgan fingerprint density at radius 3 is 1.90 bits per heavy atom. The van der Waals surface area contributed by atoms with Gasteiger partial charge in [0, 0.05) is 18.6 Å². The second-order valence-corrected chi connectivity index (χ2v) is 4.50. The molecule has 0 saturated heterocycles. The number of ether oxygens (including phenoxy) is 2. The molecular formula is C14H19ClN2O4. The lowest BCUT2D eigenvalue weighted by atomic mass is 10.2. The Hall–Kier alpha value is -1.95. The van der Waals surface area contributed by atoms with E-state index in [1.807, 2.05) is 6.92 Å². The van der Waals surface area contributed by atoms with Crippen molar-refractivity contribution < 1.29 is 19.1 Å². The summed E-state index contributed by atoms with van der Waals surface area (Å²) in [6.07, 6.45) is 1.16. The summed E-state index contributed by atoms with van der Waals surface area (Å²) >= 11 is 5.46. The van der Waals surface area contributed by atoms with Gasteiger partial charge < -0.3 is 20.1 Å². The van der Waals surface area contributed by atoms with Crippen LogP contribution in [0, 0.1) is 0 Å². The van der Waals surface area contributed by atoms with Crippen molar-refractivity contribution in [2.24, 2.45) is 0 Å². The SMILES string of the molecule is CCCC(=O)Nc1cc(OC)c(NC(=O)CCl)cc1OC. The molecule has 0 heterocycles. The Bertz CT molecular complexity index is 520. The first-order valence-corrected chi connectivity index (χ1v) is 7.00. The number of nitrogens with one attached hydrogen (secondary N) is 2. The minimum Gasteiger partial charge on any atom is -0.494 e. The number of halogens is 1.